The number of hydrogen-bond acceptors (Lipinski definition) is 7. The predicted octanol–water partition coefficient (Wildman–Crippen LogP) is 4.75. The van der Waals surface area contributed by atoms with Crippen LogP contribution in [0.3, 0.4) is 0 Å². The molecule has 4 rings (SSSR count). The number of unbranched alkanes of at least 4 members (excludes halogenated alkanes) is 1. The Balaban J connectivity index is 1.70. The third kappa shape index (κ3) is 4.27. The van der Waals surface area contributed by atoms with Gasteiger partial charge in [-0.3, -0.25) is 0 Å². The van der Waals surface area contributed by atoms with Crippen LogP contribution in [0.1, 0.15) is 31.7 Å². The van der Waals surface area contributed by atoms with Crippen LogP contribution in [-0.4, -0.2) is 30.1 Å². The summed E-state index contributed by atoms with van der Waals surface area (Å²) in [6.45, 7) is 2.08. The average molecular weight is 419 g/mol. The minimum atomic E-state index is -0.892. The van der Waals surface area contributed by atoms with Crippen LogP contribution in [0.25, 0.3) is 22.1 Å². The molecule has 31 heavy (non-hydrogen) atoms. The lowest BCUT2D eigenvalue weighted by atomic mass is 9.84. The number of nitrogens with zero attached hydrogens (tertiary/aromatic N) is 3. The SMILES string of the molecule is CCCCC(O)C1(Cc2ccc3c(-c4ccc(OC)cc4)cc(=O)oc3c2)C=NN=N1. The third-order valence-electron chi connectivity index (χ3n) is 5.67. The molecule has 160 valence electrons. The van der Waals surface area contributed by atoms with E-state index in [0.717, 1.165) is 40.7 Å². The molecular formula is C24H25N3O4. The molecule has 1 aromatic heterocycles. The van der Waals surface area contributed by atoms with Crippen molar-refractivity contribution in [1.29, 1.82) is 0 Å². The minimum absolute atomic E-state index is 0.414. The van der Waals surface area contributed by atoms with E-state index >= 15 is 0 Å². The van der Waals surface area contributed by atoms with Crippen molar-refractivity contribution in [3.05, 3.63) is 64.5 Å². The van der Waals surface area contributed by atoms with Crippen molar-refractivity contribution < 1.29 is 14.3 Å². The van der Waals surface area contributed by atoms with Gasteiger partial charge in [-0.25, -0.2) is 4.79 Å². The molecule has 0 amide bonds. The first kappa shape index (κ1) is 20.9. The number of hydrogen-bond donors (Lipinski definition) is 1. The maximum absolute atomic E-state index is 12.3. The maximum atomic E-state index is 12.3. The van der Waals surface area contributed by atoms with Crippen molar-refractivity contribution in [2.75, 3.05) is 7.11 Å². The monoisotopic (exact) mass is 419 g/mol. The van der Waals surface area contributed by atoms with E-state index in [1.165, 1.54) is 6.07 Å². The normalized spacial score (nSPS) is 18.5. The van der Waals surface area contributed by atoms with Gasteiger partial charge in [-0.15, -0.1) is 5.10 Å². The molecule has 1 N–H and O–H groups in total. The Morgan fingerprint density at radius 3 is 2.65 bits per heavy atom. The number of fused-ring (bicyclic) bond motifs is 1. The smallest absolute Gasteiger partial charge is 0.336 e. The molecule has 2 heterocycles. The first-order chi connectivity index (χ1) is 15.0. The third-order valence-corrected chi connectivity index (χ3v) is 5.67. The summed E-state index contributed by atoms with van der Waals surface area (Å²) in [6, 6.07) is 14.8. The van der Waals surface area contributed by atoms with E-state index in [2.05, 4.69) is 22.4 Å². The van der Waals surface area contributed by atoms with Gasteiger partial charge < -0.3 is 14.3 Å². The van der Waals surface area contributed by atoms with Crippen LogP contribution in [0.4, 0.5) is 0 Å². The zero-order valence-electron chi connectivity index (χ0n) is 17.6. The number of aliphatic hydroxyl groups excluding tert-OH is 1. The van der Waals surface area contributed by atoms with E-state index < -0.39 is 17.3 Å². The minimum Gasteiger partial charge on any atom is -0.497 e. The van der Waals surface area contributed by atoms with Gasteiger partial charge in [-0.1, -0.05) is 44.0 Å². The fraction of sp³-hybridized carbons (Fsp3) is 0.333. The van der Waals surface area contributed by atoms with Crippen molar-refractivity contribution in [3.8, 4) is 16.9 Å². The Morgan fingerprint density at radius 2 is 1.97 bits per heavy atom. The van der Waals surface area contributed by atoms with Crippen LogP contribution in [0.2, 0.25) is 0 Å². The largest absolute Gasteiger partial charge is 0.497 e. The number of benzene rings is 2. The lowest BCUT2D eigenvalue weighted by molar-refractivity contribution is 0.109. The van der Waals surface area contributed by atoms with Crippen LogP contribution < -0.4 is 10.4 Å². The van der Waals surface area contributed by atoms with Crippen molar-refractivity contribution >= 4 is 17.2 Å². The zero-order chi connectivity index (χ0) is 21.8. The number of aliphatic hydroxyl groups is 1. The number of methoxy groups -OCH3 is 1. The van der Waals surface area contributed by atoms with Gasteiger partial charge in [0.05, 0.1) is 19.4 Å². The summed E-state index contributed by atoms with van der Waals surface area (Å²) < 4.78 is 10.7. The molecule has 7 nitrogen and oxygen atoms in total. The molecule has 7 heteroatoms. The summed E-state index contributed by atoms with van der Waals surface area (Å²) in [5.74, 6) is 0.748. The van der Waals surface area contributed by atoms with E-state index in [0.29, 0.717) is 18.4 Å². The molecule has 0 fully saturated rings. The molecule has 2 atom stereocenters. The van der Waals surface area contributed by atoms with Gasteiger partial charge in [0, 0.05) is 17.9 Å². The van der Waals surface area contributed by atoms with E-state index in [1.54, 1.807) is 13.3 Å². The van der Waals surface area contributed by atoms with Gasteiger partial charge in [0.25, 0.3) is 0 Å². The summed E-state index contributed by atoms with van der Waals surface area (Å²) in [6.07, 6.45) is 3.83. The van der Waals surface area contributed by atoms with Crippen molar-refractivity contribution in [3.63, 3.8) is 0 Å². The fourth-order valence-corrected chi connectivity index (χ4v) is 3.91. The lowest BCUT2D eigenvalue weighted by Gasteiger charge is -2.27. The fourth-order valence-electron chi connectivity index (χ4n) is 3.91. The summed E-state index contributed by atoms with van der Waals surface area (Å²) in [5.41, 5.74) is 1.74. The molecule has 0 spiro atoms. The van der Waals surface area contributed by atoms with Crippen LogP contribution in [0.5, 0.6) is 5.75 Å². The molecule has 1 aliphatic heterocycles. The predicted molar refractivity (Wildman–Crippen MR) is 120 cm³/mol. The topological polar surface area (TPSA) is 96.8 Å². The summed E-state index contributed by atoms with van der Waals surface area (Å²) in [7, 11) is 1.61. The Kier molecular flexibility index (Phi) is 5.95. The van der Waals surface area contributed by atoms with E-state index in [-0.39, 0.29) is 0 Å². The van der Waals surface area contributed by atoms with Crippen molar-refractivity contribution in [2.45, 2.75) is 44.2 Å². The molecule has 0 saturated heterocycles. The van der Waals surface area contributed by atoms with Gasteiger partial charge >= 0.3 is 5.63 Å². The van der Waals surface area contributed by atoms with Crippen molar-refractivity contribution in [2.24, 2.45) is 15.4 Å². The maximum Gasteiger partial charge on any atom is 0.336 e. The van der Waals surface area contributed by atoms with Crippen molar-refractivity contribution in [1.82, 2.24) is 0 Å². The lowest BCUT2D eigenvalue weighted by Crippen LogP contribution is -2.43. The molecule has 0 aliphatic carbocycles. The number of rotatable bonds is 8. The van der Waals surface area contributed by atoms with Crippen LogP contribution >= 0.6 is 0 Å². The molecule has 3 aromatic rings. The molecular weight excluding hydrogens is 394 g/mol. The van der Waals surface area contributed by atoms with Crippen LogP contribution in [-0.2, 0) is 6.42 Å². The Morgan fingerprint density at radius 1 is 1.16 bits per heavy atom. The Labute approximate surface area is 180 Å². The zero-order valence-corrected chi connectivity index (χ0v) is 17.6. The highest BCUT2D eigenvalue weighted by atomic mass is 16.5. The van der Waals surface area contributed by atoms with Crippen LogP contribution in [0.15, 0.2) is 73.2 Å². The summed E-state index contributed by atoms with van der Waals surface area (Å²) in [4.78, 5) is 12.3. The second-order valence-electron chi connectivity index (χ2n) is 7.80. The van der Waals surface area contributed by atoms with Gasteiger partial charge in [0.1, 0.15) is 11.3 Å². The molecule has 2 unspecified atom stereocenters. The summed E-state index contributed by atoms with van der Waals surface area (Å²) in [5, 5.41) is 23.5. The van der Waals surface area contributed by atoms with Gasteiger partial charge in [-0.05, 0) is 46.5 Å². The second kappa shape index (κ2) is 8.81. The van der Waals surface area contributed by atoms with E-state index in [9.17, 15) is 9.90 Å². The molecule has 1 aliphatic rings. The molecule has 0 saturated carbocycles. The van der Waals surface area contributed by atoms with Crippen LogP contribution in [0, 0.1) is 0 Å². The highest BCUT2D eigenvalue weighted by Gasteiger charge is 2.39. The second-order valence-corrected chi connectivity index (χ2v) is 7.80. The first-order valence-electron chi connectivity index (χ1n) is 10.4. The standard InChI is InChI=1S/C24H25N3O4/c1-3-4-5-22(28)24(15-25-27-26-24)14-16-6-11-19-20(13-23(29)31-21(19)12-16)17-7-9-18(30-2)10-8-17/h6-13,15,22,28H,3-5,14H2,1-2H3. The van der Waals surface area contributed by atoms with Gasteiger partial charge in [-0.2, -0.15) is 5.11 Å². The average Bonchev–Trinajstić information content (AvgIpc) is 3.26. The molecule has 0 bridgehead atoms. The van der Waals surface area contributed by atoms with E-state index in [4.69, 9.17) is 9.15 Å². The Bertz CT molecular complexity index is 1170. The van der Waals surface area contributed by atoms with E-state index in [1.807, 2.05) is 42.5 Å². The Hall–Kier alpha value is -3.32. The highest BCUT2D eigenvalue weighted by Crippen LogP contribution is 2.32. The number of ether oxygens (including phenoxy) is 1. The molecule has 2 aromatic carbocycles. The first-order valence-corrected chi connectivity index (χ1v) is 10.4. The molecule has 0 radical (unpaired) electrons. The van der Waals surface area contributed by atoms with Gasteiger partial charge in [0.15, 0.2) is 5.54 Å². The van der Waals surface area contributed by atoms with Gasteiger partial charge in [0.2, 0.25) is 0 Å². The quantitative estimate of drug-likeness (QED) is 0.533. The summed E-state index contributed by atoms with van der Waals surface area (Å²) >= 11 is 0. The highest BCUT2D eigenvalue weighted by molar-refractivity contribution is 5.93.